The van der Waals surface area contributed by atoms with Gasteiger partial charge in [0.15, 0.2) is 0 Å². The Balaban J connectivity index is 1.49. The Hall–Kier alpha value is -1.44. The molecule has 0 saturated carbocycles. The van der Waals surface area contributed by atoms with Crippen LogP contribution >= 0.6 is 0 Å². The monoisotopic (exact) mass is 637 g/mol. The van der Waals surface area contributed by atoms with E-state index in [2.05, 4.69) is 66.4 Å². The molecule has 0 N–H and O–H groups in total. The summed E-state index contributed by atoms with van der Waals surface area (Å²) in [4.78, 5) is 5.19. The summed E-state index contributed by atoms with van der Waals surface area (Å²) in [5.74, 6) is 0. The highest BCUT2D eigenvalue weighted by molar-refractivity contribution is 5.51. The Morgan fingerprint density at radius 3 is 1.13 bits per heavy atom. The number of rotatable bonds is 34. The predicted molar refractivity (Wildman–Crippen MR) is 208 cm³/mol. The summed E-state index contributed by atoms with van der Waals surface area (Å²) < 4.78 is 0. The zero-order chi connectivity index (χ0) is 32.6. The van der Waals surface area contributed by atoms with Crippen molar-refractivity contribution in [3.63, 3.8) is 0 Å². The van der Waals surface area contributed by atoms with Crippen LogP contribution in [0.4, 0.5) is 5.69 Å². The minimum absolute atomic E-state index is 0.501. The third-order valence-corrected chi connectivity index (χ3v) is 10.5. The largest absolute Gasteiger partial charge is 0.356 e. The molecule has 1 heterocycles. The first-order valence-electron chi connectivity index (χ1n) is 21.1. The van der Waals surface area contributed by atoms with Crippen LogP contribution in [0.15, 0.2) is 42.7 Å². The van der Waals surface area contributed by atoms with Crippen LogP contribution in [0, 0.1) is 0 Å². The molecule has 0 radical (unpaired) electrons. The molecule has 0 fully saturated rings. The second-order valence-corrected chi connectivity index (χ2v) is 14.8. The number of hydrogen-bond donors (Lipinski definition) is 0. The molecule has 1 aromatic carbocycles. The summed E-state index contributed by atoms with van der Waals surface area (Å²) in [5, 5.41) is 0. The molecule has 2 heteroatoms. The van der Waals surface area contributed by atoms with E-state index in [1.165, 1.54) is 218 Å². The SMILES string of the molecule is CCCCCCCCCCCCCCCCCCN1C=CN(c2ccccc2)C1CCCCCCCCCCCCCCCCC. The van der Waals surface area contributed by atoms with Crippen molar-refractivity contribution in [3.8, 4) is 0 Å². The van der Waals surface area contributed by atoms with E-state index in [9.17, 15) is 0 Å². The molecule has 0 aliphatic carbocycles. The lowest BCUT2D eigenvalue weighted by molar-refractivity contribution is 0.273. The van der Waals surface area contributed by atoms with E-state index < -0.39 is 0 Å². The molecule has 266 valence electrons. The van der Waals surface area contributed by atoms with Crippen LogP contribution < -0.4 is 4.90 Å². The van der Waals surface area contributed by atoms with Crippen molar-refractivity contribution >= 4 is 5.69 Å². The van der Waals surface area contributed by atoms with Gasteiger partial charge in [0.1, 0.15) is 6.17 Å². The van der Waals surface area contributed by atoms with Gasteiger partial charge in [0, 0.05) is 24.6 Å². The molecule has 1 atom stereocenters. The average molecular weight is 637 g/mol. The van der Waals surface area contributed by atoms with Gasteiger partial charge < -0.3 is 9.80 Å². The number of hydrogen-bond acceptors (Lipinski definition) is 2. The first-order valence-corrected chi connectivity index (χ1v) is 21.1. The average Bonchev–Trinajstić information content (AvgIpc) is 3.49. The molecule has 0 saturated heterocycles. The summed E-state index contributed by atoms with van der Waals surface area (Å²) in [5.41, 5.74) is 1.35. The van der Waals surface area contributed by atoms with Crippen molar-refractivity contribution < 1.29 is 0 Å². The van der Waals surface area contributed by atoms with Crippen LogP contribution in [0.25, 0.3) is 0 Å². The maximum Gasteiger partial charge on any atom is 0.105 e. The first kappa shape index (κ1) is 40.7. The summed E-state index contributed by atoms with van der Waals surface area (Å²) in [6.45, 7) is 5.83. The topological polar surface area (TPSA) is 6.48 Å². The van der Waals surface area contributed by atoms with Crippen molar-refractivity contribution in [2.24, 2.45) is 0 Å². The molecule has 0 aromatic heterocycles. The second-order valence-electron chi connectivity index (χ2n) is 14.8. The van der Waals surface area contributed by atoms with Gasteiger partial charge in [-0.05, 0) is 31.4 Å². The Bertz CT molecular complexity index is 773. The van der Waals surface area contributed by atoms with Crippen molar-refractivity contribution in [2.45, 2.75) is 225 Å². The fourth-order valence-electron chi connectivity index (χ4n) is 7.44. The van der Waals surface area contributed by atoms with Crippen LogP contribution in [0.1, 0.15) is 219 Å². The number of anilines is 1. The highest BCUT2D eigenvalue weighted by Crippen LogP contribution is 2.28. The maximum atomic E-state index is 2.65. The highest BCUT2D eigenvalue weighted by atomic mass is 15.4. The van der Waals surface area contributed by atoms with Gasteiger partial charge in [0.05, 0.1) is 0 Å². The number of para-hydroxylation sites is 1. The molecule has 1 aliphatic heterocycles. The van der Waals surface area contributed by atoms with Gasteiger partial charge in [0.25, 0.3) is 0 Å². The lowest BCUT2D eigenvalue weighted by Crippen LogP contribution is -2.39. The van der Waals surface area contributed by atoms with Gasteiger partial charge in [-0.1, -0.05) is 218 Å². The molecule has 2 nitrogen and oxygen atoms in total. The molecule has 46 heavy (non-hydrogen) atoms. The minimum atomic E-state index is 0.501. The molecular weight excluding hydrogens is 556 g/mol. The van der Waals surface area contributed by atoms with Crippen molar-refractivity contribution in [2.75, 3.05) is 11.4 Å². The molecule has 0 amide bonds. The fourth-order valence-corrected chi connectivity index (χ4v) is 7.44. The van der Waals surface area contributed by atoms with E-state index in [4.69, 9.17) is 0 Å². The van der Waals surface area contributed by atoms with E-state index in [1.807, 2.05) is 0 Å². The van der Waals surface area contributed by atoms with Crippen molar-refractivity contribution in [3.05, 3.63) is 42.7 Å². The smallest absolute Gasteiger partial charge is 0.105 e. The lowest BCUT2D eigenvalue weighted by Gasteiger charge is -2.33. The van der Waals surface area contributed by atoms with Gasteiger partial charge in [-0.15, -0.1) is 0 Å². The van der Waals surface area contributed by atoms with Gasteiger partial charge >= 0.3 is 0 Å². The van der Waals surface area contributed by atoms with Gasteiger partial charge in [-0.2, -0.15) is 0 Å². The van der Waals surface area contributed by atoms with Crippen LogP contribution in [0.2, 0.25) is 0 Å². The van der Waals surface area contributed by atoms with Crippen molar-refractivity contribution in [1.82, 2.24) is 4.90 Å². The maximum absolute atomic E-state index is 2.65. The highest BCUT2D eigenvalue weighted by Gasteiger charge is 2.26. The summed E-state index contributed by atoms with van der Waals surface area (Å²) >= 11 is 0. The van der Waals surface area contributed by atoms with Crippen LogP contribution in [-0.2, 0) is 0 Å². The Morgan fingerprint density at radius 2 is 0.739 bits per heavy atom. The van der Waals surface area contributed by atoms with E-state index in [0.717, 1.165) is 0 Å². The van der Waals surface area contributed by atoms with Crippen LogP contribution in [-0.4, -0.2) is 17.6 Å². The van der Waals surface area contributed by atoms with E-state index in [-0.39, 0.29) is 0 Å². The van der Waals surface area contributed by atoms with Gasteiger partial charge in [0.2, 0.25) is 0 Å². The zero-order valence-electron chi connectivity index (χ0n) is 31.3. The number of benzene rings is 1. The minimum Gasteiger partial charge on any atom is -0.356 e. The molecule has 0 spiro atoms. The van der Waals surface area contributed by atoms with E-state index in [1.54, 1.807) is 0 Å². The first-order chi connectivity index (χ1) is 22.9. The number of nitrogens with zero attached hydrogens (tertiary/aromatic N) is 2. The predicted octanol–water partition coefficient (Wildman–Crippen LogP) is 15.1. The molecule has 2 rings (SSSR count). The summed E-state index contributed by atoms with van der Waals surface area (Å²) in [6.07, 6.45) is 51.1. The fraction of sp³-hybridized carbons (Fsp3) is 0.818. The van der Waals surface area contributed by atoms with Gasteiger partial charge in [-0.3, -0.25) is 0 Å². The summed E-state index contributed by atoms with van der Waals surface area (Å²) in [7, 11) is 0. The quantitative estimate of drug-likeness (QED) is 0.0694. The molecule has 1 unspecified atom stereocenters. The standard InChI is InChI=1S/C44H80N2/c1-3-5-7-9-11-13-15-17-19-21-23-25-27-29-31-36-40-45-41-42-46(43-37-33-32-34-38-43)44(45)39-35-30-28-26-24-22-20-18-16-14-12-10-8-6-4-2/h32-34,37-38,41-42,44H,3-31,35-36,39-40H2,1-2H3. The molecule has 0 bridgehead atoms. The second kappa shape index (κ2) is 30.9. The van der Waals surface area contributed by atoms with E-state index in [0.29, 0.717) is 6.17 Å². The Kier molecular flexibility index (Phi) is 27.3. The molecule has 1 aromatic rings. The Morgan fingerprint density at radius 1 is 0.391 bits per heavy atom. The zero-order valence-corrected chi connectivity index (χ0v) is 31.3. The third-order valence-electron chi connectivity index (χ3n) is 10.5. The van der Waals surface area contributed by atoms with Crippen molar-refractivity contribution in [1.29, 1.82) is 0 Å². The summed E-state index contributed by atoms with van der Waals surface area (Å²) in [6, 6.07) is 11.1. The van der Waals surface area contributed by atoms with Gasteiger partial charge in [-0.25, -0.2) is 0 Å². The lowest BCUT2D eigenvalue weighted by atomic mass is 10.0. The number of unbranched alkanes of at least 4 members (excludes halogenated alkanes) is 29. The normalized spacial score (nSPS) is 14.6. The Labute approximate surface area is 289 Å². The van der Waals surface area contributed by atoms with Crippen LogP contribution in [0.5, 0.6) is 0 Å². The van der Waals surface area contributed by atoms with Crippen LogP contribution in [0.3, 0.4) is 0 Å². The third kappa shape index (κ3) is 21.4. The van der Waals surface area contributed by atoms with E-state index >= 15 is 0 Å². The molecule has 1 aliphatic rings. The molecular formula is C44H80N2.